The number of ether oxygens (including phenoxy) is 2. The van der Waals surface area contributed by atoms with E-state index in [4.69, 9.17) is 9.47 Å². The molecule has 0 aromatic heterocycles. The lowest BCUT2D eigenvalue weighted by Crippen LogP contribution is -2.83. The summed E-state index contributed by atoms with van der Waals surface area (Å²) in [5.41, 5.74) is -8.21. The van der Waals surface area contributed by atoms with Crippen molar-refractivity contribution in [1.82, 2.24) is 10.6 Å². The van der Waals surface area contributed by atoms with Gasteiger partial charge in [0, 0.05) is 17.4 Å². The molecule has 3 fully saturated rings. The van der Waals surface area contributed by atoms with E-state index in [9.17, 15) is 24.9 Å². The Kier molecular flexibility index (Phi) is 6.63. The van der Waals surface area contributed by atoms with E-state index in [2.05, 4.69) is 10.6 Å². The first-order valence-corrected chi connectivity index (χ1v) is 12.3. The quantitative estimate of drug-likeness (QED) is 0.210. The zero-order valence-electron chi connectivity index (χ0n) is 19.9. The third-order valence-corrected chi connectivity index (χ3v) is 9.65. The molecule has 7 atom stereocenters. The first-order chi connectivity index (χ1) is 14.6. The standard InChI is InChI=1S/C22H38N2O7S/c1-18(2)20(4,27)22(6,29)21(5,28)19(3,31-18)12-30-15(25)10-8-7-9-14-16-13(11-32-14)23-17(26)24-16/h13-14,16,27-29H,7-12H2,1-6H3,(H2,23,24,26)/t13-,14?,16-,19+,20?,21-,22?/m0/s1. The van der Waals surface area contributed by atoms with E-state index in [1.165, 1.54) is 20.8 Å². The van der Waals surface area contributed by atoms with E-state index in [-0.39, 0.29) is 31.1 Å². The average molecular weight is 475 g/mol. The SMILES string of the molecule is CC1(C)O[C@](C)(COC(=O)CCCCC2SC[C@@H]3NC(=O)N[C@H]23)[C@](C)(O)C(C)(O)C1(C)O. The van der Waals surface area contributed by atoms with E-state index < -0.39 is 34.0 Å². The van der Waals surface area contributed by atoms with Gasteiger partial charge in [-0.25, -0.2) is 4.79 Å². The van der Waals surface area contributed by atoms with Crippen molar-refractivity contribution < 1.29 is 34.4 Å². The van der Waals surface area contributed by atoms with Crippen LogP contribution in [0.15, 0.2) is 0 Å². The Labute approximate surface area is 194 Å². The second kappa shape index (κ2) is 8.30. The largest absolute Gasteiger partial charge is 0.462 e. The minimum Gasteiger partial charge on any atom is -0.462 e. The number of unbranched alkanes of at least 4 members (excludes halogenated alkanes) is 1. The van der Waals surface area contributed by atoms with Crippen molar-refractivity contribution in [3.05, 3.63) is 0 Å². The van der Waals surface area contributed by atoms with Crippen LogP contribution in [0.4, 0.5) is 4.79 Å². The highest BCUT2D eigenvalue weighted by molar-refractivity contribution is 8.00. The summed E-state index contributed by atoms with van der Waals surface area (Å²) in [5.74, 6) is 0.495. The number of nitrogens with one attached hydrogen (secondary N) is 2. The van der Waals surface area contributed by atoms with Crippen molar-refractivity contribution in [2.24, 2.45) is 0 Å². The van der Waals surface area contributed by atoms with Gasteiger partial charge in [0.05, 0.1) is 17.7 Å². The smallest absolute Gasteiger partial charge is 0.315 e. The second-order valence-corrected chi connectivity index (χ2v) is 11.9. The molecule has 0 spiro atoms. The van der Waals surface area contributed by atoms with Crippen LogP contribution in [0, 0.1) is 0 Å². The number of esters is 1. The number of carbonyl (C=O) groups excluding carboxylic acids is 2. The number of fused-ring (bicyclic) bond motifs is 1. The molecule has 9 nitrogen and oxygen atoms in total. The minimum absolute atomic E-state index is 0.105. The van der Waals surface area contributed by atoms with Crippen molar-refractivity contribution in [3.63, 3.8) is 0 Å². The van der Waals surface area contributed by atoms with Gasteiger partial charge < -0.3 is 35.4 Å². The lowest BCUT2D eigenvalue weighted by molar-refractivity contribution is -0.398. The highest BCUT2D eigenvalue weighted by Crippen LogP contribution is 2.53. The molecule has 3 unspecified atom stereocenters. The Balaban J connectivity index is 1.49. The third-order valence-electron chi connectivity index (χ3n) is 8.14. The summed E-state index contributed by atoms with van der Waals surface area (Å²) in [6.07, 6.45) is 2.62. The van der Waals surface area contributed by atoms with Gasteiger partial charge in [-0.05, 0) is 54.4 Å². The van der Waals surface area contributed by atoms with Crippen molar-refractivity contribution in [2.45, 2.75) is 113 Å². The number of thioether (sulfide) groups is 1. The number of urea groups is 1. The molecule has 5 N–H and O–H groups in total. The van der Waals surface area contributed by atoms with Crippen LogP contribution in [-0.4, -0.2) is 85.0 Å². The molecule has 10 heteroatoms. The Bertz CT molecular complexity index is 755. The van der Waals surface area contributed by atoms with Gasteiger partial charge in [0.15, 0.2) is 0 Å². The molecule has 2 amide bonds. The molecule has 0 aromatic rings. The monoisotopic (exact) mass is 474 g/mol. The van der Waals surface area contributed by atoms with E-state index in [1.54, 1.807) is 20.8 Å². The molecule has 184 valence electrons. The predicted molar refractivity (Wildman–Crippen MR) is 120 cm³/mol. The summed E-state index contributed by atoms with van der Waals surface area (Å²) < 4.78 is 11.5. The maximum absolute atomic E-state index is 12.4. The van der Waals surface area contributed by atoms with Crippen LogP contribution < -0.4 is 10.6 Å². The van der Waals surface area contributed by atoms with Crippen molar-refractivity contribution in [2.75, 3.05) is 12.4 Å². The van der Waals surface area contributed by atoms with Gasteiger partial charge in [0.25, 0.3) is 0 Å². The first-order valence-electron chi connectivity index (χ1n) is 11.3. The number of hydrogen-bond donors (Lipinski definition) is 5. The molecular formula is C22H38N2O7S. The van der Waals surface area contributed by atoms with Gasteiger partial charge >= 0.3 is 12.0 Å². The third kappa shape index (κ3) is 4.02. The van der Waals surface area contributed by atoms with Crippen LogP contribution in [0.25, 0.3) is 0 Å². The molecule has 3 heterocycles. The topological polar surface area (TPSA) is 137 Å². The van der Waals surface area contributed by atoms with Gasteiger partial charge in [0.2, 0.25) is 0 Å². The Morgan fingerprint density at radius 1 is 1.06 bits per heavy atom. The summed E-state index contributed by atoms with van der Waals surface area (Å²) >= 11 is 1.84. The fourth-order valence-electron chi connectivity index (χ4n) is 5.06. The molecule has 3 rings (SSSR count). The maximum atomic E-state index is 12.4. The first kappa shape index (κ1) is 25.6. The summed E-state index contributed by atoms with van der Waals surface area (Å²) in [6.45, 7) is 8.75. The lowest BCUT2D eigenvalue weighted by atomic mass is 9.59. The summed E-state index contributed by atoms with van der Waals surface area (Å²) in [7, 11) is 0. The van der Waals surface area contributed by atoms with E-state index >= 15 is 0 Å². The van der Waals surface area contributed by atoms with Gasteiger partial charge in [-0.3, -0.25) is 4.79 Å². The Morgan fingerprint density at radius 2 is 1.72 bits per heavy atom. The van der Waals surface area contributed by atoms with Crippen LogP contribution in [0.2, 0.25) is 0 Å². The van der Waals surface area contributed by atoms with Crippen molar-refractivity contribution in [1.29, 1.82) is 0 Å². The summed E-state index contributed by atoms with van der Waals surface area (Å²) in [6, 6.07) is 0.235. The van der Waals surface area contributed by atoms with Crippen LogP contribution in [0.5, 0.6) is 0 Å². The Hall–Kier alpha value is -1.07. The molecular weight excluding hydrogens is 436 g/mol. The molecule has 0 radical (unpaired) electrons. The second-order valence-electron chi connectivity index (χ2n) is 10.6. The van der Waals surface area contributed by atoms with Crippen LogP contribution in [0.3, 0.4) is 0 Å². The molecule has 3 saturated heterocycles. The molecule has 0 aromatic carbocycles. The molecule has 3 aliphatic rings. The fraction of sp³-hybridized carbons (Fsp3) is 0.909. The molecule has 32 heavy (non-hydrogen) atoms. The van der Waals surface area contributed by atoms with Crippen LogP contribution in [0.1, 0.15) is 67.2 Å². The van der Waals surface area contributed by atoms with Gasteiger partial charge in [-0.15, -0.1) is 0 Å². The predicted octanol–water partition coefficient (Wildman–Crippen LogP) is 1.08. The zero-order valence-corrected chi connectivity index (χ0v) is 20.7. The number of aliphatic hydroxyl groups is 3. The van der Waals surface area contributed by atoms with Crippen LogP contribution >= 0.6 is 11.8 Å². The fourth-order valence-corrected chi connectivity index (χ4v) is 6.60. The molecule has 0 aliphatic carbocycles. The van der Waals surface area contributed by atoms with Gasteiger partial charge in [0.1, 0.15) is 29.0 Å². The molecule has 0 saturated carbocycles. The van der Waals surface area contributed by atoms with E-state index in [0.717, 1.165) is 18.6 Å². The highest BCUT2D eigenvalue weighted by atomic mass is 32.2. The van der Waals surface area contributed by atoms with E-state index in [1.807, 2.05) is 11.8 Å². The minimum atomic E-state index is -1.93. The summed E-state index contributed by atoms with van der Waals surface area (Å²) in [5, 5.41) is 39.4. The number of rotatable bonds is 7. The number of amides is 2. The highest BCUT2D eigenvalue weighted by Gasteiger charge is 2.72. The molecule has 3 aliphatic heterocycles. The van der Waals surface area contributed by atoms with Crippen molar-refractivity contribution >= 4 is 23.8 Å². The van der Waals surface area contributed by atoms with Crippen molar-refractivity contribution in [3.8, 4) is 0 Å². The summed E-state index contributed by atoms with van der Waals surface area (Å²) in [4.78, 5) is 23.8. The van der Waals surface area contributed by atoms with E-state index in [0.29, 0.717) is 11.7 Å². The maximum Gasteiger partial charge on any atom is 0.315 e. The molecule has 0 bridgehead atoms. The normalized spacial score (nSPS) is 45.2. The van der Waals surface area contributed by atoms with Crippen LogP contribution in [-0.2, 0) is 14.3 Å². The van der Waals surface area contributed by atoms with Gasteiger partial charge in [-0.1, -0.05) is 6.42 Å². The number of hydrogen-bond acceptors (Lipinski definition) is 8. The van der Waals surface area contributed by atoms with Gasteiger partial charge in [-0.2, -0.15) is 11.8 Å². The average Bonchev–Trinajstić information content (AvgIpc) is 3.21. The number of carbonyl (C=O) groups is 2. The Morgan fingerprint density at radius 3 is 2.38 bits per heavy atom. The zero-order chi connectivity index (χ0) is 24.2. The lowest BCUT2D eigenvalue weighted by Gasteiger charge is -2.65.